The van der Waals surface area contributed by atoms with E-state index in [1.165, 1.54) is 17.3 Å². The SMILES string of the molecule is Cc1ccc(-n2c(COc3ccccc3)nnc2SCC(=O)c2ccccc2)cc1. The summed E-state index contributed by atoms with van der Waals surface area (Å²) in [6, 6.07) is 27.0. The van der Waals surface area contributed by atoms with Crippen molar-refractivity contribution >= 4 is 17.5 Å². The van der Waals surface area contributed by atoms with E-state index in [1.54, 1.807) is 0 Å². The molecule has 30 heavy (non-hydrogen) atoms. The fourth-order valence-corrected chi connectivity index (χ4v) is 3.81. The van der Waals surface area contributed by atoms with Crippen molar-refractivity contribution in [3.05, 3.63) is 102 Å². The maximum absolute atomic E-state index is 12.5. The standard InChI is InChI=1S/C24H21N3O2S/c1-18-12-14-20(15-13-18)27-23(16-29-21-10-6-3-7-11-21)25-26-24(27)30-17-22(28)19-8-4-2-5-9-19/h2-15H,16-17H2,1H3. The van der Waals surface area contributed by atoms with Crippen LogP contribution in [0.2, 0.25) is 0 Å². The molecule has 5 nitrogen and oxygen atoms in total. The second-order valence-electron chi connectivity index (χ2n) is 6.75. The third-order valence-electron chi connectivity index (χ3n) is 4.53. The van der Waals surface area contributed by atoms with Crippen molar-refractivity contribution in [1.29, 1.82) is 0 Å². The lowest BCUT2D eigenvalue weighted by Crippen LogP contribution is -2.08. The Labute approximate surface area is 179 Å². The van der Waals surface area contributed by atoms with E-state index in [9.17, 15) is 4.79 Å². The number of thioether (sulfide) groups is 1. The minimum absolute atomic E-state index is 0.0566. The first-order valence-corrected chi connectivity index (χ1v) is 10.6. The molecule has 150 valence electrons. The van der Waals surface area contributed by atoms with Crippen molar-refractivity contribution in [3.8, 4) is 11.4 Å². The van der Waals surface area contributed by atoms with Crippen LogP contribution in [0.25, 0.3) is 5.69 Å². The topological polar surface area (TPSA) is 57.0 Å². The van der Waals surface area contributed by atoms with E-state index < -0.39 is 0 Å². The second-order valence-corrected chi connectivity index (χ2v) is 7.69. The van der Waals surface area contributed by atoms with Crippen molar-refractivity contribution in [3.63, 3.8) is 0 Å². The van der Waals surface area contributed by atoms with Gasteiger partial charge in [-0.05, 0) is 31.2 Å². The predicted octanol–water partition coefficient (Wildman–Crippen LogP) is 5.13. The minimum Gasteiger partial charge on any atom is -0.486 e. The lowest BCUT2D eigenvalue weighted by atomic mass is 10.2. The van der Waals surface area contributed by atoms with Gasteiger partial charge < -0.3 is 4.74 Å². The highest BCUT2D eigenvalue weighted by Gasteiger charge is 2.17. The first kappa shape index (κ1) is 19.9. The van der Waals surface area contributed by atoms with E-state index in [-0.39, 0.29) is 18.1 Å². The van der Waals surface area contributed by atoms with E-state index in [0.717, 1.165) is 11.4 Å². The lowest BCUT2D eigenvalue weighted by molar-refractivity contribution is 0.102. The number of para-hydroxylation sites is 1. The van der Waals surface area contributed by atoms with Gasteiger partial charge >= 0.3 is 0 Å². The van der Waals surface area contributed by atoms with Gasteiger partial charge in [-0.3, -0.25) is 9.36 Å². The smallest absolute Gasteiger partial charge is 0.196 e. The van der Waals surface area contributed by atoms with Crippen LogP contribution in [0.15, 0.2) is 90.1 Å². The number of carbonyl (C=O) groups excluding carboxylic acids is 1. The number of aromatic nitrogens is 3. The zero-order valence-electron chi connectivity index (χ0n) is 16.6. The summed E-state index contributed by atoms with van der Waals surface area (Å²) in [4.78, 5) is 12.5. The molecule has 0 unspecified atom stereocenters. The maximum Gasteiger partial charge on any atom is 0.196 e. The molecule has 0 saturated carbocycles. The van der Waals surface area contributed by atoms with Crippen LogP contribution in [0.3, 0.4) is 0 Å². The fourth-order valence-electron chi connectivity index (χ4n) is 2.94. The second kappa shape index (κ2) is 9.41. The molecule has 0 fully saturated rings. The van der Waals surface area contributed by atoms with Gasteiger partial charge in [0.15, 0.2) is 16.8 Å². The summed E-state index contributed by atoms with van der Waals surface area (Å²) >= 11 is 1.38. The quantitative estimate of drug-likeness (QED) is 0.295. The van der Waals surface area contributed by atoms with E-state index in [2.05, 4.69) is 10.2 Å². The lowest BCUT2D eigenvalue weighted by Gasteiger charge is -2.11. The summed E-state index contributed by atoms with van der Waals surface area (Å²) in [5.41, 5.74) is 2.80. The van der Waals surface area contributed by atoms with Crippen molar-refractivity contribution in [2.24, 2.45) is 0 Å². The van der Waals surface area contributed by atoms with E-state index in [0.29, 0.717) is 16.5 Å². The van der Waals surface area contributed by atoms with Crippen LogP contribution in [-0.2, 0) is 6.61 Å². The van der Waals surface area contributed by atoms with Crippen LogP contribution in [0.1, 0.15) is 21.7 Å². The molecule has 3 aromatic carbocycles. The molecule has 0 aliphatic carbocycles. The van der Waals surface area contributed by atoms with Crippen LogP contribution < -0.4 is 4.74 Å². The molecule has 0 radical (unpaired) electrons. The first-order valence-electron chi connectivity index (χ1n) is 9.61. The van der Waals surface area contributed by atoms with Crippen LogP contribution in [0, 0.1) is 6.92 Å². The summed E-state index contributed by atoms with van der Waals surface area (Å²) in [7, 11) is 0. The molecule has 4 aromatic rings. The number of Topliss-reactive ketones (excluding diaryl/α,β-unsaturated/α-hetero) is 1. The molecule has 0 aliphatic rings. The Morgan fingerprint density at radius 1 is 0.900 bits per heavy atom. The molecule has 0 amide bonds. The zero-order chi connectivity index (χ0) is 20.8. The van der Waals surface area contributed by atoms with Crippen molar-refractivity contribution in [2.75, 3.05) is 5.75 Å². The number of ketones is 1. The first-order chi connectivity index (χ1) is 14.7. The number of hydrogen-bond donors (Lipinski definition) is 0. The Balaban J connectivity index is 1.57. The molecular weight excluding hydrogens is 394 g/mol. The Hall–Kier alpha value is -3.38. The molecule has 0 spiro atoms. The van der Waals surface area contributed by atoms with Gasteiger partial charge in [0.2, 0.25) is 0 Å². The number of nitrogens with zero attached hydrogens (tertiary/aromatic N) is 3. The molecule has 1 heterocycles. The molecule has 4 rings (SSSR count). The average molecular weight is 416 g/mol. The highest BCUT2D eigenvalue weighted by Crippen LogP contribution is 2.24. The zero-order valence-corrected chi connectivity index (χ0v) is 17.4. The molecule has 0 bridgehead atoms. The molecule has 6 heteroatoms. The highest BCUT2D eigenvalue weighted by atomic mass is 32.2. The van der Waals surface area contributed by atoms with Gasteiger partial charge in [0.25, 0.3) is 0 Å². The third kappa shape index (κ3) is 4.78. The summed E-state index contributed by atoms with van der Waals surface area (Å²) in [5.74, 6) is 1.79. The Morgan fingerprint density at radius 3 is 2.27 bits per heavy atom. The van der Waals surface area contributed by atoms with Gasteiger partial charge in [-0.1, -0.05) is 78.0 Å². The maximum atomic E-state index is 12.5. The summed E-state index contributed by atoms with van der Waals surface area (Å²) in [6.07, 6.45) is 0. The Kier molecular flexibility index (Phi) is 6.25. The van der Waals surface area contributed by atoms with Crippen LogP contribution >= 0.6 is 11.8 Å². The largest absolute Gasteiger partial charge is 0.486 e. The van der Waals surface area contributed by atoms with Crippen molar-refractivity contribution < 1.29 is 9.53 Å². The number of benzene rings is 3. The van der Waals surface area contributed by atoms with Crippen LogP contribution in [0.5, 0.6) is 5.75 Å². The highest BCUT2D eigenvalue weighted by molar-refractivity contribution is 7.99. The molecule has 1 aromatic heterocycles. The monoisotopic (exact) mass is 415 g/mol. The summed E-state index contributed by atoms with van der Waals surface area (Å²) < 4.78 is 7.84. The van der Waals surface area contributed by atoms with Gasteiger partial charge in [-0.25, -0.2) is 0 Å². The normalized spacial score (nSPS) is 10.7. The Bertz CT molecular complexity index is 1110. The fraction of sp³-hybridized carbons (Fsp3) is 0.125. The van der Waals surface area contributed by atoms with Crippen LogP contribution in [-0.4, -0.2) is 26.3 Å². The van der Waals surface area contributed by atoms with Crippen LogP contribution in [0.4, 0.5) is 0 Å². The average Bonchev–Trinajstić information content (AvgIpc) is 3.20. The molecule has 0 N–H and O–H groups in total. The number of rotatable bonds is 8. The summed E-state index contributed by atoms with van der Waals surface area (Å²) in [6.45, 7) is 2.32. The number of ether oxygens (including phenoxy) is 1. The van der Waals surface area contributed by atoms with E-state index >= 15 is 0 Å². The predicted molar refractivity (Wildman–Crippen MR) is 118 cm³/mol. The molecule has 0 aliphatic heterocycles. The van der Waals surface area contributed by atoms with Crippen molar-refractivity contribution in [1.82, 2.24) is 14.8 Å². The van der Waals surface area contributed by atoms with Crippen molar-refractivity contribution in [2.45, 2.75) is 18.7 Å². The van der Waals surface area contributed by atoms with Gasteiger partial charge in [-0.2, -0.15) is 0 Å². The summed E-state index contributed by atoms with van der Waals surface area (Å²) in [5, 5.41) is 9.33. The molecule has 0 atom stereocenters. The molecule has 0 saturated heterocycles. The third-order valence-corrected chi connectivity index (χ3v) is 5.46. The van der Waals surface area contributed by atoms with Gasteiger partial charge in [0, 0.05) is 11.3 Å². The number of carbonyl (C=O) groups is 1. The van der Waals surface area contributed by atoms with Gasteiger partial charge in [-0.15, -0.1) is 10.2 Å². The molecular formula is C24H21N3O2S. The number of aryl methyl sites for hydroxylation is 1. The Morgan fingerprint density at radius 2 is 1.57 bits per heavy atom. The number of hydrogen-bond acceptors (Lipinski definition) is 5. The van der Waals surface area contributed by atoms with E-state index in [4.69, 9.17) is 4.74 Å². The minimum atomic E-state index is 0.0566. The van der Waals surface area contributed by atoms with Gasteiger partial charge in [0.05, 0.1) is 5.75 Å². The van der Waals surface area contributed by atoms with Gasteiger partial charge in [0.1, 0.15) is 12.4 Å². The van der Waals surface area contributed by atoms with E-state index in [1.807, 2.05) is 96.4 Å².